The van der Waals surface area contributed by atoms with Crippen LogP contribution in [-0.2, 0) is 14.4 Å². The summed E-state index contributed by atoms with van der Waals surface area (Å²) in [5.74, 6) is 0.108. The Kier molecular flexibility index (Phi) is 5.97. The van der Waals surface area contributed by atoms with E-state index >= 15 is 0 Å². The maximum absolute atomic E-state index is 11.7. The highest BCUT2D eigenvalue weighted by molar-refractivity contribution is 7.99. The molecule has 7 heteroatoms. The molecule has 0 bridgehead atoms. The minimum absolute atomic E-state index is 0.314. The fourth-order valence-corrected chi connectivity index (χ4v) is 3.07. The summed E-state index contributed by atoms with van der Waals surface area (Å²) in [5.41, 5.74) is 4.93. The average molecular weight is 274 g/mol. The monoisotopic (exact) mass is 274 g/mol. The van der Waals surface area contributed by atoms with Crippen LogP contribution in [-0.4, -0.2) is 40.4 Å². The lowest BCUT2D eigenvalue weighted by molar-refractivity contribution is -0.143. The first-order valence-electron chi connectivity index (χ1n) is 5.87. The topological polar surface area (TPSA) is 109 Å². The predicted molar refractivity (Wildman–Crippen MR) is 68.0 cm³/mol. The van der Waals surface area contributed by atoms with Gasteiger partial charge in [-0.2, -0.15) is 11.8 Å². The maximum Gasteiger partial charge on any atom is 0.326 e. The zero-order valence-electron chi connectivity index (χ0n) is 10.1. The summed E-state index contributed by atoms with van der Waals surface area (Å²) in [5, 5.41) is 11.2. The van der Waals surface area contributed by atoms with Crippen LogP contribution in [0.1, 0.15) is 25.7 Å². The molecule has 18 heavy (non-hydrogen) atoms. The van der Waals surface area contributed by atoms with E-state index in [2.05, 4.69) is 5.32 Å². The number of carbonyl (C=O) groups excluding carboxylic acids is 2. The summed E-state index contributed by atoms with van der Waals surface area (Å²) in [6.07, 6.45) is 1.90. The Balaban J connectivity index is 2.40. The van der Waals surface area contributed by atoms with Gasteiger partial charge in [-0.15, -0.1) is 0 Å². The van der Waals surface area contributed by atoms with Gasteiger partial charge in [-0.25, -0.2) is 4.79 Å². The molecule has 0 aromatic carbocycles. The van der Waals surface area contributed by atoms with Crippen LogP contribution in [0.5, 0.6) is 0 Å². The Morgan fingerprint density at radius 1 is 1.33 bits per heavy atom. The Morgan fingerprint density at radius 3 is 2.44 bits per heavy atom. The molecule has 1 atom stereocenters. The zero-order valence-corrected chi connectivity index (χ0v) is 10.9. The van der Waals surface area contributed by atoms with Crippen LogP contribution in [0, 0.1) is 5.92 Å². The number of hydrogen-bond donors (Lipinski definition) is 3. The lowest BCUT2D eigenvalue weighted by atomic mass is 9.98. The van der Waals surface area contributed by atoms with Gasteiger partial charge >= 0.3 is 5.97 Å². The number of rotatable bonds is 6. The second-order valence-corrected chi connectivity index (χ2v) is 5.61. The largest absolute Gasteiger partial charge is 0.480 e. The van der Waals surface area contributed by atoms with Crippen LogP contribution >= 0.6 is 11.8 Å². The molecule has 1 heterocycles. The molecule has 1 aliphatic heterocycles. The normalized spacial score (nSPS) is 18.0. The molecule has 1 rings (SSSR count). The summed E-state index contributed by atoms with van der Waals surface area (Å²) in [6, 6.07) is -1.21. The first-order valence-corrected chi connectivity index (χ1v) is 7.02. The summed E-state index contributed by atoms with van der Waals surface area (Å²) >= 11 is 1.87. The second-order valence-electron chi connectivity index (χ2n) is 4.39. The third kappa shape index (κ3) is 5.39. The van der Waals surface area contributed by atoms with E-state index in [-0.39, 0.29) is 12.3 Å². The van der Waals surface area contributed by atoms with Crippen molar-refractivity contribution in [3.63, 3.8) is 0 Å². The number of carboxylic acids is 1. The summed E-state index contributed by atoms with van der Waals surface area (Å²) in [7, 11) is 0. The highest BCUT2D eigenvalue weighted by Gasteiger charge is 2.24. The van der Waals surface area contributed by atoms with Crippen LogP contribution in [0.15, 0.2) is 0 Å². The SMILES string of the molecule is NC(=O)C[C@H](NC(=O)CC1CCSCC1)C(=O)O. The van der Waals surface area contributed by atoms with Gasteiger partial charge in [0.05, 0.1) is 6.42 Å². The molecule has 0 spiro atoms. The van der Waals surface area contributed by atoms with Crippen molar-refractivity contribution in [2.75, 3.05) is 11.5 Å². The third-order valence-electron chi connectivity index (χ3n) is 2.85. The van der Waals surface area contributed by atoms with Gasteiger partial charge in [0.15, 0.2) is 0 Å². The van der Waals surface area contributed by atoms with Gasteiger partial charge in [0.25, 0.3) is 0 Å². The number of carbonyl (C=O) groups is 3. The number of amides is 2. The average Bonchev–Trinajstić information content (AvgIpc) is 2.28. The van der Waals surface area contributed by atoms with Gasteiger partial charge in [0.1, 0.15) is 6.04 Å². The molecular formula is C11H18N2O4S. The predicted octanol–water partition coefficient (Wildman–Crippen LogP) is -0.0355. The fraction of sp³-hybridized carbons (Fsp3) is 0.727. The molecule has 0 aromatic rings. The van der Waals surface area contributed by atoms with E-state index in [4.69, 9.17) is 10.8 Å². The number of primary amides is 1. The molecule has 0 unspecified atom stereocenters. The number of hydrogen-bond acceptors (Lipinski definition) is 4. The maximum atomic E-state index is 11.7. The second kappa shape index (κ2) is 7.25. The highest BCUT2D eigenvalue weighted by atomic mass is 32.2. The highest BCUT2D eigenvalue weighted by Crippen LogP contribution is 2.25. The smallest absolute Gasteiger partial charge is 0.326 e. The van der Waals surface area contributed by atoms with E-state index in [1.54, 1.807) is 0 Å². The van der Waals surface area contributed by atoms with Crippen molar-refractivity contribution in [2.24, 2.45) is 11.7 Å². The van der Waals surface area contributed by atoms with Crippen molar-refractivity contribution in [3.8, 4) is 0 Å². The molecule has 2 amide bonds. The van der Waals surface area contributed by atoms with Gasteiger partial charge in [-0.05, 0) is 30.3 Å². The van der Waals surface area contributed by atoms with E-state index in [1.807, 2.05) is 11.8 Å². The van der Waals surface area contributed by atoms with Gasteiger partial charge in [-0.3, -0.25) is 9.59 Å². The molecule has 4 N–H and O–H groups in total. The van der Waals surface area contributed by atoms with Gasteiger partial charge in [-0.1, -0.05) is 0 Å². The van der Waals surface area contributed by atoms with Crippen molar-refractivity contribution in [3.05, 3.63) is 0 Å². The summed E-state index contributed by atoms with van der Waals surface area (Å²) in [6.45, 7) is 0. The minimum Gasteiger partial charge on any atom is -0.480 e. The number of carboxylic acid groups (broad SMARTS) is 1. The number of nitrogens with two attached hydrogens (primary N) is 1. The fourth-order valence-electron chi connectivity index (χ4n) is 1.87. The van der Waals surface area contributed by atoms with Crippen LogP contribution in [0.4, 0.5) is 0 Å². The molecule has 1 aliphatic rings. The first-order chi connectivity index (χ1) is 8.49. The molecule has 0 radical (unpaired) electrons. The quantitative estimate of drug-likeness (QED) is 0.630. The molecular weight excluding hydrogens is 256 g/mol. The Bertz CT molecular complexity index is 329. The van der Waals surface area contributed by atoms with E-state index in [1.165, 1.54) is 0 Å². The zero-order chi connectivity index (χ0) is 13.5. The molecule has 0 aliphatic carbocycles. The molecule has 102 valence electrons. The number of aliphatic carboxylic acids is 1. The van der Waals surface area contributed by atoms with E-state index in [0.717, 1.165) is 24.3 Å². The Labute approximate surface area is 110 Å². The van der Waals surface area contributed by atoms with Crippen LogP contribution in [0.3, 0.4) is 0 Å². The van der Waals surface area contributed by atoms with Gasteiger partial charge in [0, 0.05) is 6.42 Å². The Morgan fingerprint density at radius 2 is 1.94 bits per heavy atom. The van der Waals surface area contributed by atoms with Crippen molar-refractivity contribution < 1.29 is 19.5 Å². The van der Waals surface area contributed by atoms with Crippen LogP contribution < -0.4 is 11.1 Å². The van der Waals surface area contributed by atoms with Crippen molar-refractivity contribution in [1.29, 1.82) is 0 Å². The molecule has 6 nitrogen and oxygen atoms in total. The molecule has 0 aromatic heterocycles. The molecule has 1 saturated heterocycles. The summed E-state index contributed by atoms with van der Waals surface area (Å²) in [4.78, 5) is 33.2. The van der Waals surface area contributed by atoms with Crippen LogP contribution in [0.2, 0.25) is 0 Å². The van der Waals surface area contributed by atoms with Gasteiger partial charge in [0.2, 0.25) is 11.8 Å². The lowest BCUT2D eigenvalue weighted by Crippen LogP contribution is -2.43. The van der Waals surface area contributed by atoms with Crippen molar-refractivity contribution in [1.82, 2.24) is 5.32 Å². The van der Waals surface area contributed by atoms with Crippen molar-refractivity contribution in [2.45, 2.75) is 31.7 Å². The van der Waals surface area contributed by atoms with E-state index < -0.39 is 17.9 Å². The standard InChI is InChI=1S/C11H18N2O4S/c12-9(14)6-8(11(16)17)13-10(15)5-7-1-3-18-4-2-7/h7-8H,1-6H2,(H2,12,14)(H,13,15)(H,16,17)/t8-/m0/s1. The lowest BCUT2D eigenvalue weighted by Gasteiger charge is -2.21. The third-order valence-corrected chi connectivity index (χ3v) is 3.90. The van der Waals surface area contributed by atoms with Gasteiger partial charge < -0.3 is 16.2 Å². The number of nitrogens with one attached hydrogen (secondary N) is 1. The first kappa shape index (κ1) is 14.8. The minimum atomic E-state index is -1.23. The number of thioether (sulfide) groups is 1. The van der Waals surface area contributed by atoms with Crippen molar-refractivity contribution >= 4 is 29.5 Å². The summed E-state index contributed by atoms with van der Waals surface area (Å²) < 4.78 is 0. The Hall–Kier alpha value is -1.24. The van der Waals surface area contributed by atoms with Crippen LogP contribution in [0.25, 0.3) is 0 Å². The van der Waals surface area contributed by atoms with E-state index in [0.29, 0.717) is 12.3 Å². The molecule has 0 saturated carbocycles. The van der Waals surface area contributed by atoms with E-state index in [9.17, 15) is 14.4 Å². The molecule has 1 fully saturated rings.